The van der Waals surface area contributed by atoms with Gasteiger partial charge < -0.3 is 15.3 Å². The van der Waals surface area contributed by atoms with E-state index in [4.69, 9.17) is 10.2 Å². The van der Waals surface area contributed by atoms with Crippen LogP contribution in [0.5, 0.6) is 0 Å². The van der Waals surface area contributed by atoms with Gasteiger partial charge in [0.05, 0.1) is 29.2 Å². The summed E-state index contributed by atoms with van der Waals surface area (Å²) in [5.74, 6) is -0.0422. The van der Waals surface area contributed by atoms with Gasteiger partial charge in [-0.1, -0.05) is 18.1 Å². The summed E-state index contributed by atoms with van der Waals surface area (Å²) in [7, 11) is 0.655. The molecule has 0 spiro atoms. The van der Waals surface area contributed by atoms with Gasteiger partial charge in [-0.3, -0.25) is 4.72 Å². The number of sulfonamides is 1. The van der Waals surface area contributed by atoms with Gasteiger partial charge in [0.2, 0.25) is 10.0 Å². The third-order valence-electron chi connectivity index (χ3n) is 5.86. The summed E-state index contributed by atoms with van der Waals surface area (Å²) in [5, 5.41) is 17.2. The highest BCUT2D eigenvalue weighted by molar-refractivity contribution is 7.92. The molecule has 1 fully saturated rings. The van der Waals surface area contributed by atoms with Crippen LogP contribution in [0.1, 0.15) is 58.2 Å². The van der Waals surface area contributed by atoms with Crippen LogP contribution in [-0.4, -0.2) is 61.0 Å². The Morgan fingerprint density at radius 3 is 2.49 bits per heavy atom. The Kier molecular flexibility index (Phi) is 8.01. The minimum absolute atomic E-state index is 0.0552. The summed E-state index contributed by atoms with van der Waals surface area (Å²) < 4.78 is 26.0. The molecule has 1 aliphatic rings. The fourth-order valence-electron chi connectivity index (χ4n) is 4.12. The van der Waals surface area contributed by atoms with E-state index in [1.807, 2.05) is 4.52 Å². The number of hydrogen-bond donors (Lipinski definition) is 3. The monoisotopic (exact) mass is 502 g/mol. The highest BCUT2D eigenvalue weighted by Crippen LogP contribution is 2.26. The maximum absolute atomic E-state index is 11.0. The maximum Gasteiger partial charge on any atom is 0.337 e. The minimum Gasteiger partial charge on any atom is -0.478 e. The summed E-state index contributed by atoms with van der Waals surface area (Å²) in [6.07, 6.45) is 4.68. The SMILES string of the molecule is Cc1ccc(NS(C)(=O)=O)c(C(=O)O)c1.Cc1nc2cc(C3CCCCN3)nn2c(N(C)C)c1C. The van der Waals surface area contributed by atoms with Gasteiger partial charge in [-0.15, -0.1) is 0 Å². The van der Waals surface area contributed by atoms with E-state index >= 15 is 0 Å². The fraction of sp³-hybridized carbons (Fsp3) is 0.458. The molecule has 1 aromatic carbocycles. The number of rotatable bonds is 5. The van der Waals surface area contributed by atoms with Crippen LogP contribution < -0.4 is 14.9 Å². The Labute approximate surface area is 206 Å². The predicted octanol–water partition coefficient (Wildman–Crippen LogP) is 3.29. The molecule has 3 N–H and O–H groups in total. The molecule has 3 heterocycles. The zero-order chi connectivity index (χ0) is 25.9. The molecule has 0 radical (unpaired) electrons. The lowest BCUT2D eigenvalue weighted by Gasteiger charge is -2.21. The second kappa shape index (κ2) is 10.6. The third-order valence-corrected chi connectivity index (χ3v) is 6.45. The lowest BCUT2D eigenvalue weighted by Crippen LogP contribution is -2.27. The quantitative estimate of drug-likeness (QED) is 0.485. The molecule has 3 aromatic rings. The molecule has 1 atom stereocenters. The third kappa shape index (κ3) is 6.49. The summed E-state index contributed by atoms with van der Waals surface area (Å²) in [6, 6.07) is 6.99. The standard InChI is InChI=1S/C15H23N5.C9H11NO4S/c1-10-11(2)17-14-9-13(12-7-5-6-8-16-12)18-20(14)15(10)19(3)4;1-6-3-4-8(10-15(2,13)14)7(5-6)9(11)12/h9,12,16H,5-8H2,1-4H3;3-5,10H,1-2H3,(H,11,12). The van der Waals surface area contributed by atoms with Gasteiger partial charge in [0, 0.05) is 31.4 Å². The van der Waals surface area contributed by atoms with E-state index in [1.165, 1.54) is 37.0 Å². The van der Waals surface area contributed by atoms with Crippen molar-refractivity contribution in [1.29, 1.82) is 0 Å². The van der Waals surface area contributed by atoms with Gasteiger partial charge in [0.1, 0.15) is 5.82 Å². The van der Waals surface area contributed by atoms with Crippen LogP contribution in [0.25, 0.3) is 5.65 Å². The molecule has 1 aliphatic heterocycles. The molecule has 1 saturated heterocycles. The Bertz CT molecular complexity index is 1330. The van der Waals surface area contributed by atoms with Gasteiger partial charge >= 0.3 is 5.97 Å². The number of fused-ring (bicyclic) bond motifs is 1. The van der Waals surface area contributed by atoms with Crippen LogP contribution in [0.3, 0.4) is 0 Å². The molecule has 0 saturated carbocycles. The molecule has 2 aromatic heterocycles. The molecule has 11 heteroatoms. The van der Waals surface area contributed by atoms with Gasteiger partial charge in [0.25, 0.3) is 0 Å². The van der Waals surface area contributed by atoms with Crippen LogP contribution in [0.2, 0.25) is 0 Å². The van der Waals surface area contributed by atoms with Crippen LogP contribution in [0.4, 0.5) is 11.5 Å². The molecule has 10 nitrogen and oxygen atoms in total. The molecule has 4 rings (SSSR count). The van der Waals surface area contributed by atoms with Crippen LogP contribution in [0.15, 0.2) is 24.3 Å². The summed E-state index contributed by atoms with van der Waals surface area (Å²) >= 11 is 0. The van der Waals surface area contributed by atoms with Gasteiger partial charge in [-0.05, 0) is 52.3 Å². The Morgan fingerprint density at radius 2 is 1.91 bits per heavy atom. The lowest BCUT2D eigenvalue weighted by molar-refractivity contribution is 0.0698. The molecule has 35 heavy (non-hydrogen) atoms. The Hall–Kier alpha value is -3.18. The van der Waals surface area contributed by atoms with E-state index < -0.39 is 16.0 Å². The number of aryl methyl sites for hydroxylation is 2. The Balaban J connectivity index is 0.000000205. The van der Waals surface area contributed by atoms with Crippen LogP contribution in [-0.2, 0) is 10.0 Å². The van der Waals surface area contributed by atoms with E-state index in [9.17, 15) is 13.2 Å². The van der Waals surface area contributed by atoms with Crippen molar-refractivity contribution >= 4 is 33.1 Å². The molecular formula is C24H34N6O4S. The number of carboxylic acids is 1. The lowest BCUT2D eigenvalue weighted by atomic mass is 10.0. The average molecular weight is 503 g/mol. The fourth-order valence-corrected chi connectivity index (χ4v) is 4.70. The number of benzene rings is 1. The first-order valence-electron chi connectivity index (χ1n) is 11.5. The van der Waals surface area contributed by atoms with Gasteiger partial charge in [-0.25, -0.2) is 18.2 Å². The second-order valence-corrected chi connectivity index (χ2v) is 10.9. The zero-order valence-corrected chi connectivity index (χ0v) is 21.9. The van der Waals surface area contributed by atoms with Crippen molar-refractivity contribution in [3.63, 3.8) is 0 Å². The van der Waals surface area contributed by atoms with Crippen LogP contribution >= 0.6 is 0 Å². The Morgan fingerprint density at radius 1 is 1.20 bits per heavy atom. The van der Waals surface area contributed by atoms with Crippen molar-refractivity contribution in [3.05, 3.63) is 52.3 Å². The van der Waals surface area contributed by atoms with Crippen LogP contribution in [0, 0.1) is 20.8 Å². The number of piperidine rings is 1. The number of aromatic carboxylic acids is 1. The smallest absolute Gasteiger partial charge is 0.337 e. The first kappa shape index (κ1) is 26.4. The number of aromatic nitrogens is 3. The first-order valence-corrected chi connectivity index (χ1v) is 13.4. The number of nitrogens with one attached hydrogen (secondary N) is 2. The number of carboxylic acid groups (broad SMARTS) is 1. The highest BCUT2D eigenvalue weighted by Gasteiger charge is 2.20. The minimum atomic E-state index is -3.46. The van der Waals surface area contributed by atoms with E-state index in [1.54, 1.807) is 13.0 Å². The van der Waals surface area contributed by atoms with Gasteiger partial charge in [0.15, 0.2) is 5.65 Å². The van der Waals surface area contributed by atoms with Gasteiger partial charge in [-0.2, -0.15) is 9.61 Å². The maximum atomic E-state index is 11.0. The highest BCUT2D eigenvalue weighted by atomic mass is 32.2. The largest absolute Gasteiger partial charge is 0.478 e. The average Bonchev–Trinajstić information content (AvgIpc) is 3.18. The number of carbonyl (C=O) groups is 1. The molecular weight excluding hydrogens is 468 g/mol. The summed E-state index contributed by atoms with van der Waals surface area (Å²) in [5.41, 5.74) is 5.10. The molecule has 0 bridgehead atoms. The normalized spacial score (nSPS) is 15.9. The zero-order valence-electron chi connectivity index (χ0n) is 21.1. The molecule has 0 aliphatic carbocycles. The van der Waals surface area contributed by atoms with Crippen molar-refractivity contribution < 1.29 is 18.3 Å². The first-order chi connectivity index (χ1) is 16.4. The van der Waals surface area contributed by atoms with E-state index in [-0.39, 0.29) is 11.3 Å². The molecule has 0 amide bonds. The van der Waals surface area contributed by atoms with Crippen molar-refractivity contribution in [3.8, 4) is 0 Å². The van der Waals surface area contributed by atoms with Crippen molar-refractivity contribution in [2.75, 3.05) is 36.5 Å². The van der Waals surface area contributed by atoms with Crippen molar-refractivity contribution in [2.24, 2.45) is 0 Å². The van der Waals surface area contributed by atoms with Crippen molar-refractivity contribution in [2.45, 2.75) is 46.1 Å². The van der Waals surface area contributed by atoms with E-state index in [0.29, 0.717) is 6.04 Å². The molecule has 1 unspecified atom stereocenters. The topological polar surface area (TPSA) is 129 Å². The number of hydrogen-bond acceptors (Lipinski definition) is 7. The number of anilines is 2. The van der Waals surface area contributed by atoms with Crippen molar-refractivity contribution in [1.82, 2.24) is 19.9 Å². The number of nitrogens with zero attached hydrogens (tertiary/aromatic N) is 4. The predicted molar refractivity (Wildman–Crippen MR) is 138 cm³/mol. The van der Waals surface area contributed by atoms with E-state index in [0.717, 1.165) is 41.2 Å². The molecule has 190 valence electrons. The summed E-state index contributed by atoms with van der Waals surface area (Å²) in [4.78, 5) is 17.6. The second-order valence-electron chi connectivity index (χ2n) is 9.11. The van der Waals surface area contributed by atoms with E-state index in [2.05, 4.69) is 53.9 Å². The summed E-state index contributed by atoms with van der Waals surface area (Å²) in [6.45, 7) is 6.99.